The van der Waals surface area contributed by atoms with Gasteiger partial charge in [0.15, 0.2) is 11.5 Å². The summed E-state index contributed by atoms with van der Waals surface area (Å²) in [6.07, 6.45) is 0. The fourth-order valence-electron chi connectivity index (χ4n) is 1.17. The highest BCUT2D eigenvalue weighted by atomic mass is 127. The molecule has 0 aliphatic carbocycles. The standard InChI is InChI=1S/C11H8INO4/c12-7-1-3-8(4-2-7)16-6-9-5-10(11(14)15)13-17-9/h1-5H,6H2,(H,14,15). The van der Waals surface area contributed by atoms with Crippen molar-refractivity contribution in [2.75, 3.05) is 0 Å². The lowest BCUT2D eigenvalue weighted by Crippen LogP contribution is -1.96. The number of nitrogens with zero attached hydrogens (tertiary/aromatic N) is 1. The monoisotopic (exact) mass is 345 g/mol. The molecular weight excluding hydrogens is 337 g/mol. The minimum Gasteiger partial charge on any atom is -0.486 e. The van der Waals surface area contributed by atoms with Gasteiger partial charge in [-0.15, -0.1) is 0 Å². The van der Waals surface area contributed by atoms with Crippen LogP contribution in [-0.2, 0) is 6.61 Å². The maximum absolute atomic E-state index is 10.6. The van der Waals surface area contributed by atoms with Crippen LogP contribution in [0.3, 0.4) is 0 Å². The van der Waals surface area contributed by atoms with Crippen molar-refractivity contribution in [2.24, 2.45) is 0 Å². The molecular formula is C11H8INO4. The third-order valence-corrected chi connectivity index (χ3v) is 2.69. The van der Waals surface area contributed by atoms with Crippen LogP contribution in [-0.4, -0.2) is 16.2 Å². The summed E-state index contributed by atoms with van der Waals surface area (Å²) < 4.78 is 11.3. The Labute approximate surface area is 111 Å². The highest BCUT2D eigenvalue weighted by Gasteiger charge is 2.10. The van der Waals surface area contributed by atoms with Crippen molar-refractivity contribution in [1.29, 1.82) is 0 Å². The Morgan fingerprint density at radius 3 is 2.71 bits per heavy atom. The number of carbonyl (C=O) groups is 1. The molecule has 0 aliphatic heterocycles. The van der Waals surface area contributed by atoms with E-state index in [9.17, 15) is 4.79 Å². The predicted molar refractivity (Wildman–Crippen MR) is 67.0 cm³/mol. The summed E-state index contributed by atoms with van der Waals surface area (Å²) >= 11 is 2.20. The Kier molecular flexibility index (Phi) is 3.62. The van der Waals surface area contributed by atoms with Gasteiger partial charge < -0.3 is 14.4 Å². The number of benzene rings is 1. The molecule has 5 nitrogen and oxygen atoms in total. The molecule has 0 fully saturated rings. The second-order valence-electron chi connectivity index (χ2n) is 3.23. The first kappa shape index (κ1) is 11.9. The van der Waals surface area contributed by atoms with Gasteiger partial charge in [-0.2, -0.15) is 0 Å². The zero-order valence-corrected chi connectivity index (χ0v) is 10.7. The van der Waals surface area contributed by atoms with Crippen LogP contribution in [0.15, 0.2) is 34.9 Å². The van der Waals surface area contributed by atoms with E-state index in [1.165, 1.54) is 6.07 Å². The van der Waals surface area contributed by atoms with Gasteiger partial charge >= 0.3 is 5.97 Å². The quantitative estimate of drug-likeness (QED) is 0.863. The molecule has 0 amide bonds. The first-order chi connectivity index (χ1) is 8.15. The van der Waals surface area contributed by atoms with Gasteiger partial charge in [0.2, 0.25) is 0 Å². The van der Waals surface area contributed by atoms with Gasteiger partial charge in [0.1, 0.15) is 12.4 Å². The van der Waals surface area contributed by atoms with Gasteiger partial charge in [-0.3, -0.25) is 0 Å². The van der Waals surface area contributed by atoms with E-state index in [1.54, 1.807) is 0 Å². The summed E-state index contributed by atoms with van der Waals surface area (Å²) in [5.41, 5.74) is -0.119. The van der Waals surface area contributed by atoms with Crippen LogP contribution in [0.1, 0.15) is 16.2 Å². The lowest BCUT2D eigenvalue weighted by atomic mass is 10.3. The SMILES string of the molecule is O=C(O)c1cc(COc2ccc(I)cc2)on1. The lowest BCUT2D eigenvalue weighted by molar-refractivity contribution is 0.0685. The fourth-order valence-corrected chi connectivity index (χ4v) is 1.53. The van der Waals surface area contributed by atoms with Crippen molar-refractivity contribution in [1.82, 2.24) is 5.16 Å². The van der Waals surface area contributed by atoms with Crippen LogP contribution >= 0.6 is 22.6 Å². The van der Waals surface area contributed by atoms with Crippen LogP contribution in [0.5, 0.6) is 5.75 Å². The second kappa shape index (κ2) is 5.17. The van der Waals surface area contributed by atoms with E-state index in [4.69, 9.17) is 14.4 Å². The Bertz CT molecular complexity index is 521. The summed E-state index contributed by atoms with van der Waals surface area (Å²) in [4.78, 5) is 10.6. The molecule has 0 saturated heterocycles. The number of carboxylic acid groups (broad SMARTS) is 1. The van der Waals surface area contributed by atoms with E-state index in [-0.39, 0.29) is 12.3 Å². The molecule has 0 radical (unpaired) electrons. The molecule has 88 valence electrons. The summed E-state index contributed by atoms with van der Waals surface area (Å²) in [6, 6.07) is 8.83. The average molecular weight is 345 g/mol. The van der Waals surface area contributed by atoms with Gasteiger partial charge in [0, 0.05) is 9.64 Å². The molecule has 1 heterocycles. The molecule has 17 heavy (non-hydrogen) atoms. The molecule has 0 bridgehead atoms. The average Bonchev–Trinajstić information content (AvgIpc) is 2.77. The van der Waals surface area contributed by atoms with E-state index in [1.807, 2.05) is 24.3 Å². The predicted octanol–water partition coefficient (Wildman–Crippen LogP) is 2.56. The number of rotatable bonds is 4. The van der Waals surface area contributed by atoms with E-state index in [0.29, 0.717) is 11.5 Å². The van der Waals surface area contributed by atoms with Crippen molar-refractivity contribution in [3.8, 4) is 5.75 Å². The van der Waals surface area contributed by atoms with Gasteiger partial charge in [0.05, 0.1) is 0 Å². The summed E-state index contributed by atoms with van der Waals surface area (Å²) in [5, 5.41) is 12.0. The third-order valence-electron chi connectivity index (χ3n) is 1.97. The first-order valence-corrected chi connectivity index (χ1v) is 5.80. The molecule has 0 aliphatic rings. The summed E-state index contributed by atoms with van der Waals surface area (Å²) in [7, 11) is 0. The topological polar surface area (TPSA) is 72.6 Å². The van der Waals surface area contributed by atoms with Crippen LogP contribution in [0.4, 0.5) is 0 Å². The molecule has 1 N–H and O–H groups in total. The van der Waals surface area contributed by atoms with Gasteiger partial charge in [-0.1, -0.05) is 5.16 Å². The summed E-state index contributed by atoms with van der Waals surface area (Å²) in [5.74, 6) is -0.0473. The molecule has 0 unspecified atom stereocenters. The number of aromatic carboxylic acids is 1. The molecule has 0 spiro atoms. The number of carboxylic acids is 1. The third kappa shape index (κ3) is 3.19. The number of halogens is 1. The Hall–Kier alpha value is -1.57. The highest BCUT2D eigenvalue weighted by molar-refractivity contribution is 14.1. The second-order valence-corrected chi connectivity index (χ2v) is 4.47. The fraction of sp³-hybridized carbons (Fsp3) is 0.0909. The molecule has 2 aromatic rings. The van der Waals surface area contributed by atoms with Crippen molar-refractivity contribution < 1.29 is 19.2 Å². The van der Waals surface area contributed by atoms with Crippen LogP contribution in [0.25, 0.3) is 0 Å². The Morgan fingerprint density at radius 2 is 2.12 bits per heavy atom. The molecule has 1 aromatic heterocycles. The van der Waals surface area contributed by atoms with Crippen LogP contribution in [0.2, 0.25) is 0 Å². The van der Waals surface area contributed by atoms with Gasteiger partial charge in [-0.05, 0) is 46.9 Å². The smallest absolute Gasteiger partial charge is 0.358 e. The zero-order chi connectivity index (χ0) is 12.3. The number of hydrogen-bond donors (Lipinski definition) is 1. The Balaban J connectivity index is 1.97. The molecule has 0 saturated carbocycles. The number of ether oxygens (including phenoxy) is 1. The minimum absolute atomic E-state index is 0.119. The van der Waals surface area contributed by atoms with Crippen molar-refractivity contribution in [2.45, 2.75) is 6.61 Å². The van der Waals surface area contributed by atoms with E-state index in [2.05, 4.69) is 27.7 Å². The maximum atomic E-state index is 10.6. The van der Waals surface area contributed by atoms with Gasteiger partial charge in [-0.25, -0.2) is 4.79 Å². The van der Waals surface area contributed by atoms with Crippen LogP contribution in [0, 0.1) is 3.57 Å². The van der Waals surface area contributed by atoms with E-state index < -0.39 is 5.97 Å². The largest absolute Gasteiger partial charge is 0.486 e. The summed E-state index contributed by atoms with van der Waals surface area (Å²) in [6.45, 7) is 0.154. The Morgan fingerprint density at radius 1 is 1.41 bits per heavy atom. The zero-order valence-electron chi connectivity index (χ0n) is 8.59. The normalized spacial score (nSPS) is 10.2. The van der Waals surface area contributed by atoms with Crippen molar-refractivity contribution in [3.05, 3.63) is 45.4 Å². The first-order valence-electron chi connectivity index (χ1n) is 4.72. The van der Waals surface area contributed by atoms with E-state index in [0.717, 1.165) is 3.57 Å². The van der Waals surface area contributed by atoms with Crippen molar-refractivity contribution in [3.63, 3.8) is 0 Å². The van der Waals surface area contributed by atoms with E-state index >= 15 is 0 Å². The lowest BCUT2D eigenvalue weighted by Gasteiger charge is -2.02. The number of aromatic nitrogens is 1. The maximum Gasteiger partial charge on any atom is 0.358 e. The molecule has 2 rings (SSSR count). The molecule has 6 heteroatoms. The van der Waals surface area contributed by atoms with Crippen LogP contribution < -0.4 is 4.74 Å². The van der Waals surface area contributed by atoms with Gasteiger partial charge in [0.25, 0.3) is 0 Å². The molecule has 0 atom stereocenters. The number of hydrogen-bond acceptors (Lipinski definition) is 4. The minimum atomic E-state index is -1.12. The van der Waals surface area contributed by atoms with Crippen molar-refractivity contribution >= 4 is 28.6 Å². The highest BCUT2D eigenvalue weighted by Crippen LogP contribution is 2.15. The molecule has 1 aromatic carbocycles.